The summed E-state index contributed by atoms with van der Waals surface area (Å²) in [5.41, 5.74) is 4.88. The van der Waals surface area contributed by atoms with Crippen molar-refractivity contribution >= 4 is 17.3 Å². The third-order valence-electron chi connectivity index (χ3n) is 4.18. The van der Waals surface area contributed by atoms with Crippen LogP contribution in [-0.4, -0.2) is 5.91 Å². The van der Waals surface area contributed by atoms with E-state index in [1.807, 2.05) is 62.4 Å². The van der Waals surface area contributed by atoms with Crippen LogP contribution < -0.4 is 10.6 Å². The standard InChI is InChI=1S/C21H23N3O/c1-14(2)17-8-10-19(11-9-17)23-13-18(12-22)21(25)24-20-7-5-6-15(3)16(20)4/h5-11,13-14,23H,1-4H3,(H,24,25)/b18-13-. The summed E-state index contributed by atoms with van der Waals surface area (Å²) in [6.07, 6.45) is 1.44. The SMILES string of the molecule is Cc1cccc(NC(=O)/C(C#N)=C\Nc2ccc(C(C)C)cc2)c1C. The zero-order valence-corrected chi connectivity index (χ0v) is 15.1. The maximum atomic E-state index is 12.3. The summed E-state index contributed by atoms with van der Waals surface area (Å²) in [7, 11) is 0. The molecule has 0 aliphatic carbocycles. The van der Waals surface area contributed by atoms with Crippen molar-refractivity contribution in [2.45, 2.75) is 33.6 Å². The van der Waals surface area contributed by atoms with Crippen molar-refractivity contribution in [1.29, 1.82) is 5.26 Å². The Morgan fingerprint density at radius 2 is 1.80 bits per heavy atom. The summed E-state index contributed by atoms with van der Waals surface area (Å²) in [5.74, 6) is 0.0325. The van der Waals surface area contributed by atoms with Crippen LogP contribution in [0.3, 0.4) is 0 Å². The normalized spacial score (nSPS) is 11.1. The van der Waals surface area contributed by atoms with Crippen LogP contribution in [0, 0.1) is 25.2 Å². The molecule has 2 aromatic rings. The molecule has 0 unspecified atom stereocenters. The first-order valence-corrected chi connectivity index (χ1v) is 8.26. The molecule has 4 heteroatoms. The summed E-state index contributed by atoms with van der Waals surface area (Å²) < 4.78 is 0. The molecule has 0 aromatic heterocycles. The number of carbonyl (C=O) groups is 1. The molecule has 2 aromatic carbocycles. The quantitative estimate of drug-likeness (QED) is 0.605. The van der Waals surface area contributed by atoms with Gasteiger partial charge in [0.05, 0.1) is 0 Å². The van der Waals surface area contributed by atoms with E-state index in [4.69, 9.17) is 0 Å². The molecule has 0 radical (unpaired) electrons. The summed E-state index contributed by atoms with van der Waals surface area (Å²) in [5, 5.41) is 15.1. The highest BCUT2D eigenvalue weighted by Gasteiger charge is 2.11. The predicted octanol–water partition coefficient (Wildman–Crippen LogP) is 4.88. The number of aryl methyl sites for hydroxylation is 1. The Labute approximate surface area is 149 Å². The van der Waals surface area contributed by atoms with Gasteiger partial charge in [-0.2, -0.15) is 5.26 Å². The molecule has 0 aliphatic heterocycles. The van der Waals surface area contributed by atoms with Gasteiger partial charge in [0.2, 0.25) is 0 Å². The molecule has 0 aliphatic rings. The van der Waals surface area contributed by atoms with Crippen LogP contribution in [0.4, 0.5) is 11.4 Å². The monoisotopic (exact) mass is 333 g/mol. The molecule has 0 saturated heterocycles. The first kappa shape index (κ1) is 18.3. The van der Waals surface area contributed by atoms with Gasteiger partial charge in [0, 0.05) is 17.6 Å². The molecule has 2 N–H and O–H groups in total. The van der Waals surface area contributed by atoms with Crippen molar-refractivity contribution in [3.63, 3.8) is 0 Å². The average molecular weight is 333 g/mol. The minimum absolute atomic E-state index is 0.0221. The highest BCUT2D eigenvalue weighted by molar-refractivity contribution is 6.07. The topological polar surface area (TPSA) is 64.9 Å². The van der Waals surface area contributed by atoms with Crippen molar-refractivity contribution < 1.29 is 4.79 Å². The summed E-state index contributed by atoms with van der Waals surface area (Å²) in [6, 6.07) is 15.6. The number of rotatable bonds is 5. The number of nitrogens with zero attached hydrogens (tertiary/aromatic N) is 1. The highest BCUT2D eigenvalue weighted by Crippen LogP contribution is 2.19. The zero-order chi connectivity index (χ0) is 18.4. The number of carbonyl (C=O) groups excluding carboxylic acids is 1. The van der Waals surface area contributed by atoms with Crippen LogP contribution in [0.1, 0.15) is 36.5 Å². The average Bonchev–Trinajstić information content (AvgIpc) is 2.60. The van der Waals surface area contributed by atoms with Crippen molar-refractivity contribution in [2.75, 3.05) is 10.6 Å². The lowest BCUT2D eigenvalue weighted by Gasteiger charge is -2.10. The largest absolute Gasteiger partial charge is 0.360 e. The number of nitrogens with one attached hydrogen (secondary N) is 2. The maximum Gasteiger partial charge on any atom is 0.267 e. The van der Waals surface area contributed by atoms with Crippen molar-refractivity contribution in [1.82, 2.24) is 0 Å². The van der Waals surface area contributed by atoms with Crippen LogP contribution in [-0.2, 0) is 4.79 Å². The minimum atomic E-state index is -0.428. The van der Waals surface area contributed by atoms with Gasteiger partial charge in [-0.3, -0.25) is 4.79 Å². The van der Waals surface area contributed by atoms with Gasteiger partial charge >= 0.3 is 0 Å². The molecular weight excluding hydrogens is 310 g/mol. The molecule has 0 heterocycles. The second kappa shape index (κ2) is 8.16. The Bertz CT molecular complexity index is 827. The fourth-order valence-corrected chi connectivity index (χ4v) is 2.34. The van der Waals surface area contributed by atoms with Crippen LogP contribution in [0.15, 0.2) is 54.2 Å². The fourth-order valence-electron chi connectivity index (χ4n) is 2.34. The van der Waals surface area contributed by atoms with E-state index < -0.39 is 5.91 Å². The van der Waals surface area contributed by atoms with Gasteiger partial charge in [-0.05, 0) is 54.7 Å². The van der Waals surface area contributed by atoms with Gasteiger partial charge in [-0.25, -0.2) is 0 Å². The Hall–Kier alpha value is -3.06. The summed E-state index contributed by atoms with van der Waals surface area (Å²) >= 11 is 0. The first-order valence-electron chi connectivity index (χ1n) is 8.26. The molecule has 0 spiro atoms. The van der Waals surface area contributed by atoms with Crippen molar-refractivity contribution in [3.05, 3.63) is 70.9 Å². The summed E-state index contributed by atoms with van der Waals surface area (Å²) in [6.45, 7) is 8.19. The van der Waals surface area contributed by atoms with Crippen LogP contribution in [0.2, 0.25) is 0 Å². The lowest BCUT2D eigenvalue weighted by atomic mass is 10.0. The van der Waals surface area contributed by atoms with E-state index in [9.17, 15) is 10.1 Å². The molecule has 128 valence electrons. The van der Waals surface area contributed by atoms with E-state index in [0.29, 0.717) is 11.6 Å². The predicted molar refractivity (Wildman–Crippen MR) is 102 cm³/mol. The van der Waals surface area contributed by atoms with E-state index >= 15 is 0 Å². The van der Waals surface area contributed by atoms with Gasteiger partial charge in [0.1, 0.15) is 11.6 Å². The van der Waals surface area contributed by atoms with Crippen LogP contribution in [0.5, 0.6) is 0 Å². The number of hydrogen-bond donors (Lipinski definition) is 2. The second-order valence-corrected chi connectivity index (χ2v) is 6.29. The van der Waals surface area contributed by atoms with Gasteiger partial charge in [0.15, 0.2) is 0 Å². The van der Waals surface area contributed by atoms with Crippen LogP contribution >= 0.6 is 0 Å². The van der Waals surface area contributed by atoms with E-state index in [-0.39, 0.29) is 5.57 Å². The second-order valence-electron chi connectivity index (χ2n) is 6.29. The lowest BCUT2D eigenvalue weighted by molar-refractivity contribution is -0.112. The number of nitriles is 1. The van der Waals surface area contributed by atoms with Gasteiger partial charge in [0.25, 0.3) is 5.91 Å². The van der Waals surface area contributed by atoms with E-state index in [1.165, 1.54) is 11.8 Å². The number of amides is 1. The van der Waals surface area contributed by atoms with E-state index in [1.54, 1.807) is 0 Å². The molecule has 0 fully saturated rings. The molecule has 0 saturated carbocycles. The lowest BCUT2D eigenvalue weighted by Crippen LogP contribution is -2.15. The molecule has 0 bridgehead atoms. The Balaban J connectivity index is 2.10. The first-order chi connectivity index (χ1) is 11.9. The molecular formula is C21H23N3O. The van der Waals surface area contributed by atoms with Crippen LogP contribution in [0.25, 0.3) is 0 Å². The van der Waals surface area contributed by atoms with E-state index in [2.05, 4.69) is 24.5 Å². The minimum Gasteiger partial charge on any atom is -0.360 e. The van der Waals surface area contributed by atoms with Crippen molar-refractivity contribution in [3.8, 4) is 6.07 Å². The molecule has 0 atom stereocenters. The number of hydrogen-bond acceptors (Lipinski definition) is 3. The molecule has 25 heavy (non-hydrogen) atoms. The summed E-state index contributed by atoms with van der Waals surface area (Å²) in [4.78, 5) is 12.3. The smallest absolute Gasteiger partial charge is 0.267 e. The molecule has 1 amide bonds. The zero-order valence-electron chi connectivity index (χ0n) is 15.1. The van der Waals surface area contributed by atoms with Crippen molar-refractivity contribution in [2.24, 2.45) is 0 Å². The molecule has 2 rings (SSSR count). The fraction of sp³-hybridized carbons (Fsp3) is 0.238. The third-order valence-corrected chi connectivity index (χ3v) is 4.18. The Morgan fingerprint density at radius 1 is 1.12 bits per heavy atom. The Kier molecular flexibility index (Phi) is 5.97. The highest BCUT2D eigenvalue weighted by atomic mass is 16.1. The number of anilines is 2. The van der Waals surface area contributed by atoms with Gasteiger partial charge in [-0.15, -0.1) is 0 Å². The number of benzene rings is 2. The Morgan fingerprint density at radius 3 is 2.40 bits per heavy atom. The third kappa shape index (κ3) is 4.71. The maximum absolute atomic E-state index is 12.3. The molecule has 4 nitrogen and oxygen atoms in total. The van der Waals surface area contributed by atoms with Gasteiger partial charge in [-0.1, -0.05) is 38.1 Å². The van der Waals surface area contributed by atoms with Gasteiger partial charge < -0.3 is 10.6 Å². The van der Waals surface area contributed by atoms with E-state index in [0.717, 1.165) is 16.8 Å².